The van der Waals surface area contributed by atoms with Crippen LogP contribution in [0.25, 0.3) is 16.6 Å². The summed E-state index contributed by atoms with van der Waals surface area (Å²) < 4.78 is 14.6. The smallest absolute Gasteiger partial charge is 0.291 e. The van der Waals surface area contributed by atoms with Gasteiger partial charge in [-0.1, -0.05) is 22.9 Å². The van der Waals surface area contributed by atoms with Gasteiger partial charge in [0, 0.05) is 35.1 Å². The lowest BCUT2D eigenvalue weighted by Crippen LogP contribution is -2.35. The van der Waals surface area contributed by atoms with Crippen molar-refractivity contribution in [3.8, 4) is 5.75 Å². The SMILES string of the molecule is CCc1nn(CC(=O)NCc2cc(Br)ccc2OC)c(=O)c2cc3occc3n12. The fourth-order valence-electron chi connectivity index (χ4n) is 3.33. The van der Waals surface area contributed by atoms with Crippen molar-refractivity contribution in [1.29, 1.82) is 0 Å². The molecule has 0 saturated heterocycles. The van der Waals surface area contributed by atoms with E-state index >= 15 is 0 Å². The van der Waals surface area contributed by atoms with Crippen LogP contribution in [-0.2, 0) is 24.3 Å². The molecule has 29 heavy (non-hydrogen) atoms. The molecule has 0 radical (unpaired) electrons. The van der Waals surface area contributed by atoms with Crippen molar-refractivity contribution in [2.24, 2.45) is 0 Å². The number of hydrogen-bond acceptors (Lipinski definition) is 5. The molecule has 0 bridgehead atoms. The van der Waals surface area contributed by atoms with Crippen molar-refractivity contribution in [2.75, 3.05) is 7.11 Å². The number of rotatable bonds is 6. The van der Waals surface area contributed by atoms with Gasteiger partial charge < -0.3 is 14.5 Å². The van der Waals surface area contributed by atoms with Gasteiger partial charge in [-0.2, -0.15) is 5.10 Å². The second kappa shape index (κ2) is 7.75. The largest absolute Gasteiger partial charge is 0.496 e. The first-order chi connectivity index (χ1) is 14.0. The van der Waals surface area contributed by atoms with Gasteiger partial charge >= 0.3 is 0 Å². The van der Waals surface area contributed by atoms with Gasteiger partial charge in [0.15, 0.2) is 5.58 Å². The molecular formula is C20H19BrN4O4. The molecule has 0 aliphatic carbocycles. The molecule has 0 saturated carbocycles. The van der Waals surface area contributed by atoms with Gasteiger partial charge in [-0.3, -0.25) is 14.0 Å². The first-order valence-electron chi connectivity index (χ1n) is 9.09. The molecule has 150 valence electrons. The maximum Gasteiger partial charge on any atom is 0.291 e. The van der Waals surface area contributed by atoms with Crippen molar-refractivity contribution in [3.63, 3.8) is 0 Å². The van der Waals surface area contributed by atoms with Crippen molar-refractivity contribution in [1.82, 2.24) is 19.5 Å². The van der Waals surface area contributed by atoms with Crippen molar-refractivity contribution >= 4 is 38.5 Å². The van der Waals surface area contributed by atoms with Crippen LogP contribution in [0.4, 0.5) is 0 Å². The van der Waals surface area contributed by atoms with E-state index in [1.54, 1.807) is 29.9 Å². The Hall–Kier alpha value is -3.07. The monoisotopic (exact) mass is 458 g/mol. The molecule has 8 nitrogen and oxygen atoms in total. The van der Waals surface area contributed by atoms with E-state index in [0.29, 0.717) is 29.1 Å². The summed E-state index contributed by atoms with van der Waals surface area (Å²) in [5.74, 6) is 1.04. The number of methoxy groups -OCH3 is 1. The average Bonchev–Trinajstić information content (AvgIpc) is 3.30. The summed E-state index contributed by atoms with van der Waals surface area (Å²) in [5.41, 5.74) is 2.32. The number of nitrogens with one attached hydrogen (secondary N) is 1. The zero-order valence-corrected chi connectivity index (χ0v) is 17.5. The third-order valence-electron chi connectivity index (χ3n) is 4.70. The van der Waals surface area contributed by atoms with Gasteiger partial charge in [-0.15, -0.1) is 0 Å². The van der Waals surface area contributed by atoms with Crippen LogP contribution in [0.5, 0.6) is 5.75 Å². The Balaban J connectivity index is 1.59. The molecule has 0 atom stereocenters. The minimum atomic E-state index is -0.344. The molecule has 4 aromatic rings. The number of furan rings is 1. The summed E-state index contributed by atoms with van der Waals surface area (Å²) in [6, 6.07) is 9.04. The molecule has 0 spiro atoms. The molecule has 9 heteroatoms. The number of hydrogen-bond donors (Lipinski definition) is 1. The number of carbonyl (C=O) groups is 1. The fraction of sp³-hybridized carbons (Fsp3) is 0.250. The molecule has 0 fully saturated rings. The van der Waals surface area contributed by atoms with Crippen LogP contribution in [0.3, 0.4) is 0 Å². The third-order valence-corrected chi connectivity index (χ3v) is 5.19. The minimum absolute atomic E-state index is 0.175. The number of amides is 1. The van der Waals surface area contributed by atoms with E-state index in [1.807, 2.05) is 25.1 Å². The molecule has 4 rings (SSSR count). The molecule has 3 heterocycles. The zero-order valence-electron chi connectivity index (χ0n) is 15.9. The van der Waals surface area contributed by atoms with Crippen molar-refractivity contribution < 1.29 is 13.9 Å². The normalized spacial score (nSPS) is 11.3. The van der Waals surface area contributed by atoms with Gasteiger partial charge in [-0.25, -0.2) is 4.68 Å². The molecule has 1 aromatic carbocycles. The average molecular weight is 459 g/mol. The number of aryl methyl sites for hydroxylation is 1. The summed E-state index contributed by atoms with van der Waals surface area (Å²) in [5, 5.41) is 7.22. The predicted molar refractivity (Wildman–Crippen MR) is 111 cm³/mol. The number of ether oxygens (including phenoxy) is 1. The maximum atomic E-state index is 12.9. The number of halogens is 1. The number of aromatic nitrogens is 3. The maximum absolute atomic E-state index is 12.9. The standard InChI is InChI=1S/C20H19BrN4O4/c1-3-18-23-24(20(27)15-9-17-14(25(15)18)6-7-29-17)11-19(26)22-10-12-8-13(21)4-5-16(12)28-2/h4-9H,3,10-11H2,1-2H3,(H,22,26). The van der Waals surface area contributed by atoms with Gasteiger partial charge in [-0.05, 0) is 18.2 Å². The highest BCUT2D eigenvalue weighted by molar-refractivity contribution is 9.10. The van der Waals surface area contributed by atoms with E-state index in [1.165, 1.54) is 4.68 Å². The van der Waals surface area contributed by atoms with E-state index in [9.17, 15) is 9.59 Å². The fourth-order valence-corrected chi connectivity index (χ4v) is 3.74. The van der Waals surface area contributed by atoms with E-state index < -0.39 is 0 Å². The lowest BCUT2D eigenvalue weighted by Gasteiger charge is -2.12. The van der Waals surface area contributed by atoms with Gasteiger partial charge in [0.1, 0.15) is 23.6 Å². The van der Waals surface area contributed by atoms with Crippen molar-refractivity contribution in [3.05, 3.63) is 62.8 Å². The van der Waals surface area contributed by atoms with E-state index in [2.05, 4.69) is 26.3 Å². The van der Waals surface area contributed by atoms with Gasteiger partial charge in [0.25, 0.3) is 5.56 Å². The van der Waals surface area contributed by atoms with Gasteiger partial charge in [0.2, 0.25) is 5.91 Å². The summed E-state index contributed by atoms with van der Waals surface area (Å²) in [7, 11) is 1.58. The summed E-state index contributed by atoms with van der Waals surface area (Å²) in [4.78, 5) is 25.3. The number of fused-ring (bicyclic) bond motifs is 3. The molecular weight excluding hydrogens is 440 g/mol. The topological polar surface area (TPSA) is 90.8 Å². The van der Waals surface area contributed by atoms with E-state index in [-0.39, 0.29) is 24.6 Å². The van der Waals surface area contributed by atoms with E-state index in [0.717, 1.165) is 15.6 Å². The molecule has 0 aliphatic heterocycles. The van der Waals surface area contributed by atoms with Gasteiger partial charge in [0.05, 0.1) is 18.9 Å². The summed E-state index contributed by atoms with van der Waals surface area (Å²) in [6.45, 7) is 2.05. The highest BCUT2D eigenvalue weighted by atomic mass is 79.9. The summed E-state index contributed by atoms with van der Waals surface area (Å²) >= 11 is 3.41. The van der Waals surface area contributed by atoms with Crippen LogP contribution in [0.2, 0.25) is 0 Å². The lowest BCUT2D eigenvalue weighted by molar-refractivity contribution is -0.122. The second-order valence-electron chi connectivity index (χ2n) is 6.50. The van der Waals surface area contributed by atoms with Crippen LogP contribution in [0.15, 0.2) is 50.3 Å². The Morgan fingerprint density at radius 2 is 2.10 bits per heavy atom. The summed E-state index contributed by atoms with van der Waals surface area (Å²) in [6.07, 6.45) is 2.17. The quantitative estimate of drug-likeness (QED) is 0.479. The first-order valence-corrected chi connectivity index (χ1v) is 9.89. The first kappa shape index (κ1) is 19.3. The highest BCUT2D eigenvalue weighted by Crippen LogP contribution is 2.23. The highest BCUT2D eigenvalue weighted by Gasteiger charge is 2.16. The minimum Gasteiger partial charge on any atom is -0.496 e. The molecule has 0 unspecified atom stereocenters. The van der Waals surface area contributed by atoms with Crippen LogP contribution in [0.1, 0.15) is 18.3 Å². The number of benzene rings is 1. The Labute approximate surface area is 174 Å². The zero-order chi connectivity index (χ0) is 20.5. The second-order valence-corrected chi connectivity index (χ2v) is 7.42. The molecule has 0 aliphatic rings. The lowest BCUT2D eigenvalue weighted by atomic mass is 10.2. The number of nitrogens with zero attached hydrogens (tertiary/aromatic N) is 3. The van der Waals surface area contributed by atoms with Crippen molar-refractivity contribution in [2.45, 2.75) is 26.4 Å². The Morgan fingerprint density at radius 1 is 1.28 bits per heavy atom. The predicted octanol–water partition coefficient (Wildman–Crippen LogP) is 2.89. The van der Waals surface area contributed by atoms with Crippen LogP contribution < -0.4 is 15.6 Å². The molecule has 1 amide bonds. The van der Waals surface area contributed by atoms with Crippen LogP contribution >= 0.6 is 15.9 Å². The van der Waals surface area contributed by atoms with Crippen LogP contribution in [-0.4, -0.2) is 27.2 Å². The van der Waals surface area contributed by atoms with E-state index in [4.69, 9.17) is 9.15 Å². The number of carbonyl (C=O) groups excluding carboxylic acids is 1. The Bertz CT molecular complexity index is 1270. The Morgan fingerprint density at radius 3 is 2.86 bits per heavy atom. The molecule has 3 aromatic heterocycles. The third kappa shape index (κ3) is 3.53. The molecule has 1 N–H and O–H groups in total. The Kier molecular flexibility index (Phi) is 5.14. The van der Waals surface area contributed by atoms with Crippen LogP contribution in [0, 0.1) is 0 Å².